The van der Waals surface area contributed by atoms with E-state index in [4.69, 9.17) is 9.15 Å². The normalized spacial score (nSPS) is 11.8. The van der Waals surface area contributed by atoms with E-state index in [-0.39, 0.29) is 17.7 Å². The summed E-state index contributed by atoms with van der Waals surface area (Å²) in [4.78, 5) is 17.5. The van der Waals surface area contributed by atoms with Gasteiger partial charge in [-0.3, -0.25) is 4.79 Å². The number of ether oxygens (including phenoxy) is 1. The molecule has 6 heteroatoms. The molecule has 0 aliphatic carbocycles. The fraction of sp³-hybridized carbons (Fsp3) is 0.200. The number of amides is 1. The van der Waals surface area contributed by atoms with Crippen LogP contribution in [0.2, 0.25) is 0 Å². The van der Waals surface area contributed by atoms with E-state index in [0.717, 1.165) is 16.2 Å². The molecule has 1 N–H and O–H groups in total. The fourth-order valence-corrected chi connectivity index (χ4v) is 3.24. The summed E-state index contributed by atoms with van der Waals surface area (Å²) in [6.07, 6.45) is 1.67. The molecule has 0 aliphatic heterocycles. The first-order valence-corrected chi connectivity index (χ1v) is 9.12. The van der Waals surface area contributed by atoms with E-state index in [0.29, 0.717) is 11.7 Å². The van der Waals surface area contributed by atoms with Crippen molar-refractivity contribution in [3.05, 3.63) is 66.7 Å². The lowest BCUT2D eigenvalue weighted by molar-refractivity contribution is -0.120. The second-order valence-corrected chi connectivity index (χ2v) is 7.05. The SMILES string of the molecule is COc1ccc(SC(C)C(=O)NCc2ncc(-c3ccccc3)o2)cc1. The number of thioether (sulfide) groups is 1. The van der Waals surface area contributed by atoms with Crippen molar-refractivity contribution in [3.63, 3.8) is 0 Å². The van der Waals surface area contributed by atoms with Crippen LogP contribution in [-0.4, -0.2) is 23.3 Å². The van der Waals surface area contributed by atoms with Crippen molar-refractivity contribution in [1.29, 1.82) is 0 Å². The second-order valence-electron chi connectivity index (χ2n) is 5.64. The Kier molecular flexibility index (Phi) is 5.96. The summed E-state index contributed by atoms with van der Waals surface area (Å²) in [6, 6.07) is 17.4. The van der Waals surface area contributed by atoms with E-state index in [1.54, 1.807) is 13.3 Å². The van der Waals surface area contributed by atoms with Crippen LogP contribution < -0.4 is 10.1 Å². The van der Waals surface area contributed by atoms with Crippen LogP contribution in [0.3, 0.4) is 0 Å². The highest BCUT2D eigenvalue weighted by atomic mass is 32.2. The highest BCUT2D eigenvalue weighted by Crippen LogP contribution is 2.25. The van der Waals surface area contributed by atoms with Crippen LogP contribution in [0.15, 0.2) is 70.1 Å². The molecule has 2 aromatic carbocycles. The van der Waals surface area contributed by atoms with E-state index in [1.165, 1.54) is 11.8 Å². The van der Waals surface area contributed by atoms with Gasteiger partial charge < -0.3 is 14.5 Å². The summed E-state index contributed by atoms with van der Waals surface area (Å²) in [5.41, 5.74) is 0.959. The number of carbonyl (C=O) groups is 1. The van der Waals surface area contributed by atoms with Gasteiger partial charge in [0.1, 0.15) is 5.75 Å². The number of hydrogen-bond donors (Lipinski definition) is 1. The Bertz CT molecular complexity index is 847. The molecule has 0 spiro atoms. The van der Waals surface area contributed by atoms with Crippen LogP contribution in [0.25, 0.3) is 11.3 Å². The van der Waals surface area contributed by atoms with Gasteiger partial charge in [-0.25, -0.2) is 4.98 Å². The van der Waals surface area contributed by atoms with Crippen molar-refractivity contribution < 1.29 is 13.9 Å². The van der Waals surface area contributed by atoms with Gasteiger partial charge in [-0.05, 0) is 31.2 Å². The predicted molar refractivity (Wildman–Crippen MR) is 102 cm³/mol. The maximum absolute atomic E-state index is 12.3. The molecule has 134 valence electrons. The number of benzene rings is 2. The minimum absolute atomic E-state index is 0.0646. The summed E-state index contributed by atoms with van der Waals surface area (Å²) in [5.74, 6) is 1.91. The van der Waals surface area contributed by atoms with Crippen molar-refractivity contribution in [2.45, 2.75) is 23.6 Å². The number of oxazole rings is 1. The van der Waals surface area contributed by atoms with Crippen LogP contribution >= 0.6 is 11.8 Å². The average molecular weight is 368 g/mol. The van der Waals surface area contributed by atoms with E-state index in [2.05, 4.69) is 10.3 Å². The summed E-state index contributed by atoms with van der Waals surface area (Å²) in [6.45, 7) is 2.13. The lowest BCUT2D eigenvalue weighted by Crippen LogP contribution is -2.30. The van der Waals surface area contributed by atoms with E-state index in [1.807, 2.05) is 61.5 Å². The molecule has 5 nitrogen and oxygen atoms in total. The van der Waals surface area contributed by atoms with Gasteiger partial charge >= 0.3 is 0 Å². The molecule has 0 saturated heterocycles. The molecule has 3 aromatic rings. The average Bonchev–Trinajstić information content (AvgIpc) is 3.16. The van der Waals surface area contributed by atoms with Crippen LogP contribution in [0.1, 0.15) is 12.8 Å². The Morgan fingerprint density at radius 2 is 1.92 bits per heavy atom. The number of nitrogens with zero attached hydrogens (tertiary/aromatic N) is 1. The van der Waals surface area contributed by atoms with Gasteiger partial charge in [0.25, 0.3) is 0 Å². The monoisotopic (exact) mass is 368 g/mol. The number of carbonyl (C=O) groups excluding carboxylic acids is 1. The molecule has 0 radical (unpaired) electrons. The minimum Gasteiger partial charge on any atom is -0.497 e. The van der Waals surface area contributed by atoms with Crippen LogP contribution in [-0.2, 0) is 11.3 Å². The van der Waals surface area contributed by atoms with Crippen molar-refractivity contribution >= 4 is 17.7 Å². The minimum atomic E-state index is -0.230. The van der Waals surface area contributed by atoms with E-state index >= 15 is 0 Å². The van der Waals surface area contributed by atoms with E-state index in [9.17, 15) is 4.79 Å². The number of methoxy groups -OCH3 is 1. The fourth-order valence-electron chi connectivity index (χ4n) is 2.35. The molecule has 1 unspecified atom stereocenters. The van der Waals surface area contributed by atoms with Crippen molar-refractivity contribution in [2.75, 3.05) is 7.11 Å². The Morgan fingerprint density at radius 3 is 2.62 bits per heavy atom. The Hall–Kier alpha value is -2.73. The molecule has 0 bridgehead atoms. The molecule has 0 aliphatic rings. The highest BCUT2D eigenvalue weighted by molar-refractivity contribution is 8.00. The zero-order chi connectivity index (χ0) is 18.4. The van der Waals surface area contributed by atoms with Crippen molar-refractivity contribution in [2.24, 2.45) is 0 Å². The van der Waals surface area contributed by atoms with E-state index < -0.39 is 0 Å². The van der Waals surface area contributed by atoms with Gasteiger partial charge in [-0.2, -0.15) is 0 Å². The van der Waals surface area contributed by atoms with Gasteiger partial charge in [0.15, 0.2) is 5.76 Å². The highest BCUT2D eigenvalue weighted by Gasteiger charge is 2.15. The second kappa shape index (κ2) is 8.58. The van der Waals surface area contributed by atoms with Crippen molar-refractivity contribution in [3.8, 4) is 17.1 Å². The Morgan fingerprint density at radius 1 is 1.19 bits per heavy atom. The van der Waals surface area contributed by atoms with Crippen LogP contribution in [0.5, 0.6) is 5.75 Å². The number of aromatic nitrogens is 1. The van der Waals surface area contributed by atoms with Gasteiger partial charge in [0.2, 0.25) is 11.8 Å². The first-order chi connectivity index (χ1) is 12.7. The maximum Gasteiger partial charge on any atom is 0.233 e. The third-order valence-electron chi connectivity index (χ3n) is 3.77. The first kappa shape index (κ1) is 18.1. The maximum atomic E-state index is 12.3. The van der Waals surface area contributed by atoms with Gasteiger partial charge in [-0.15, -0.1) is 11.8 Å². The summed E-state index contributed by atoms with van der Waals surface area (Å²) < 4.78 is 10.8. The zero-order valence-electron chi connectivity index (χ0n) is 14.6. The Labute approximate surface area is 156 Å². The molecule has 1 aromatic heterocycles. The first-order valence-electron chi connectivity index (χ1n) is 8.24. The predicted octanol–water partition coefficient (Wildman–Crippen LogP) is 4.15. The summed E-state index contributed by atoms with van der Waals surface area (Å²) in [5, 5.41) is 2.64. The number of hydrogen-bond acceptors (Lipinski definition) is 5. The zero-order valence-corrected chi connectivity index (χ0v) is 15.5. The van der Waals surface area contributed by atoms with Crippen LogP contribution in [0, 0.1) is 0 Å². The van der Waals surface area contributed by atoms with Gasteiger partial charge in [-0.1, -0.05) is 30.3 Å². The number of nitrogens with one attached hydrogen (secondary N) is 1. The lowest BCUT2D eigenvalue weighted by atomic mass is 10.2. The molecular weight excluding hydrogens is 348 g/mol. The molecule has 26 heavy (non-hydrogen) atoms. The quantitative estimate of drug-likeness (QED) is 0.635. The standard InChI is InChI=1S/C20H20N2O3S/c1-14(26-17-10-8-16(24-2)9-11-17)20(23)22-13-19-21-12-18(25-19)15-6-4-3-5-7-15/h3-12,14H,13H2,1-2H3,(H,22,23). The summed E-state index contributed by atoms with van der Waals surface area (Å²) >= 11 is 1.49. The molecule has 0 saturated carbocycles. The molecule has 0 fully saturated rings. The molecule has 1 amide bonds. The number of rotatable bonds is 7. The van der Waals surface area contributed by atoms with Crippen LogP contribution in [0.4, 0.5) is 0 Å². The van der Waals surface area contributed by atoms with Crippen molar-refractivity contribution in [1.82, 2.24) is 10.3 Å². The van der Waals surface area contributed by atoms with Gasteiger partial charge in [0.05, 0.1) is 25.1 Å². The third-order valence-corrected chi connectivity index (χ3v) is 4.88. The molecular formula is C20H20N2O3S. The topological polar surface area (TPSA) is 64.4 Å². The molecule has 1 atom stereocenters. The third kappa shape index (κ3) is 4.67. The largest absolute Gasteiger partial charge is 0.497 e. The smallest absolute Gasteiger partial charge is 0.233 e. The summed E-state index contributed by atoms with van der Waals surface area (Å²) in [7, 11) is 1.63. The molecule has 1 heterocycles. The Balaban J connectivity index is 1.52. The molecule has 3 rings (SSSR count). The lowest BCUT2D eigenvalue weighted by Gasteiger charge is -2.11. The van der Waals surface area contributed by atoms with Gasteiger partial charge in [0, 0.05) is 10.5 Å².